The Morgan fingerprint density at radius 1 is 1.21 bits per heavy atom. The van der Waals surface area contributed by atoms with Crippen molar-refractivity contribution in [1.82, 2.24) is 10.6 Å². The number of aliphatic hydroxyl groups is 1. The molecule has 2 amide bonds. The molecule has 0 spiro atoms. The Bertz CT molecular complexity index is 301. The molecule has 5 nitrogen and oxygen atoms in total. The van der Waals surface area contributed by atoms with Crippen molar-refractivity contribution in [3.8, 4) is 0 Å². The summed E-state index contributed by atoms with van der Waals surface area (Å²) in [6, 6.07) is -0.0933. The van der Waals surface area contributed by atoms with Crippen LogP contribution in [-0.2, 0) is 9.59 Å². The third kappa shape index (κ3) is 6.05. The van der Waals surface area contributed by atoms with Crippen molar-refractivity contribution in [3.63, 3.8) is 0 Å². The molecular formula is C14H26N2O3. The highest BCUT2D eigenvalue weighted by atomic mass is 16.3. The molecular weight excluding hydrogens is 244 g/mol. The van der Waals surface area contributed by atoms with Crippen LogP contribution in [0.1, 0.15) is 46.0 Å². The molecule has 5 heteroatoms. The topological polar surface area (TPSA) is 78.4 Å². The van der Waals surface area contributed by atoms with Crippen molar-refractivity contribution in [1.29, 1.82) is 0 Å². The van der Waals surface area contributed by atoms with Crippen molar-refractivity contribution in [3.05, 3.63) is 0 Å². The van der Waals surface area contributed by atoms with E-state index in [-0.39, 0.29) is 36.9 Å². The Labute approximate surface area is 115 Å². The molecule has 110 valence electrons. The van der Waals surface area contributed by atoms with Crippen molar-refractivity contribution in [2.24, 2.45) is 11.8 Å². The normalized spacial score (nSPS) is 18.9. The Morgan fingerprint density at radius 3 is 2.42 bits per heavy atom. The second-order valence-electron chi connectivity index (χ2n) is 5.65. The summed E-state index contributed by atoms with van der Waals surface area (Å²) >= 11 is 0. The number of amides is 2. The third-order valence-electron chi connectivity index (χ3n) is 3.93. The number of aliphatic hydroxyl groups excluding tert-OH is 1. The smallest absolute Gasteiger partial charge is 0.239 e. The standard InChI is InChI=1S/C14H26N2O3/c1-10(9-17)11(2)16-14(19)8-15-13(18)7-12-5-3-4-6-12/h10-12,17H,3-9H2,1-2H3,(H,15,18)(H,16,19). The molecule has 1 aliphatic carbocycles. The van der Waals surface area contributed by atoms with E-state index < -0.39 is 0 Å². The van der Waals surface area contributed by atoms with Crippen LogP contribution in [0.2, 0.25) is 0 Å². The van der Waals surface area contributed by atoms with Gasteiger partial charge in [0.15, 0.2) is 0 Å². The van der Waals surface area contributed by atoms with Crippen LogP contribution in [0.5, 0.6) is 0 Å². The fourth-order valence-corrected chi connectivity index (χ4v) is 2.33. The fraction of sp³-hybridized carbons (Fsp3) is 0.857. The van der Waals surface area contributed by atoms with Gasteiger partial charge in [-0.05, 0) is 31.6 Å². The van der Waals surface area contributed by atoms with Crippen LogP contribution in [-0.4, -0.2) is 36.1 Å². The van der Waals surface area contributed by atoms with E-state index in [0.29, 0.717) is 12.3 Å². The molecule has 1 rings (SSSR count). The highest BCUT2D eigenvalue weighted by Crippen LogP contribution is 2.27. The number of carbonyl (C=O) groups is 2. The lowest BCUT2D eigenvalue weighted by molar-refractivity contribution is -0.127. The van der Waals surface area contributed by atoms with Gasteiger partial charge in [-0.15, -0.1) is 0 Å². The lowest BCUT2D eigenvalue weighted by Gasteiger charge is -2.19. The van der Waals surface area contributed by atoms with E-state index in [1.54, 1.807) is 0 Å². The SMILES string of the molecule is CC(CO)C(C)NC(=O)CNC(=O)CC1CCCC1. The zero-order valence-electron chi connectivity index (χ0n) is 11.9. The van der Waals surface area contributed by atoms with E-state index in [4.69, 9.17) is 5.11 Å². The fourth-order valence-electron chi connectivity index (χ4n) is 2.33. The van der Waals surface area contributed by atoms with Crippen LogP contribution in [0, 0.1) is 11.8 Å². The molecule has 0 aromatic carbocycles. The molecule has 0 saturated heterocycles. The molecule has 1 saturated carbocycles. The highest BCUT2D eigenvalue weighted by molar-refractivity contribution is 5.84. The molecule has 2 unspecified atom stereocenters. The summed E-state index contributed by atoms with van der Waals surface area (Å²) in [5.74, 6) is 0.270. The van der Waals surface area contributed by atoms with Crippen molar-refractivity contribution in [2.75, 3.05) is 13.2 Å². The Kier molecular flexibility index (Phi) is 6.84. The molecule has 3 N–H and O–H groups in total. The van der Waals surface area contributed by atoms with Gasteiger partial charge >= 0.3 is 0 Å². The van der Waals surface area contributed by atoms with Crippen LogP contribution in [0.15, 0.2) is 0 Å². The van der Waals surface area contributed by atoms with Crippen LogP contribution in [0.25, 0.3) is 0 Å². The predicted octanol–water partition coefficient (Wildman–Crippen LogP) is 0.816. The van der Waals surface area contributed by atoms with Crippen LogP contribution in [0.4, 0.5) is 0 Å². The van der Waals surface area contributed by atoms with Gasteiger partial charge in [0.05, 0.1) is 6.54 Å². The molecule has 0 aromatic heterocycles. The Morgan fingerprint density at radius 2 is 1.84 bits per heavy atom. The summed E-state index contributed by atoms with van der Waals surface area (Å²) < 4.78 is 0. The zero-order valence-corrected chi connectivity index (χ0v) is 11.9. The van der Waals surface area contributed by atoms with Gasteiger partial charge in [0, 0.05) is 19.1 Å². The van der Waals surface area contributed by atoms with Gasteiger partial charge in [-0.2, -0.15) is 0 Å². The number of carbonyl (C=O) groups excluding carboxylic acids is 2. The first-order valence-electron chi connectivity index (χ1n) is 7.19. The first kappa shape index (κ1) is 16.0. The predicted molar refractivity (Wildman–Crippen MR) is 73.4 cm³/mol. The maximum atomic E-state index is 11.6. The Hall–Kier alpha value is -1.10. The van der Waals surface area contributed by atoms with Gasteiger partial charge in [-0.1, -0.05) is 19.8 Å². The minimum atomic E-state index is -0.201. The molecule has 19 heavy (non-hydrogen) atoms. The molecule has 0 aromatic rings. The Balaban J connectivity index is 2.16. The van der Waals surface area contributed by atoms with Crippen molar-refractivity contribution < 1.29 is 14.7 Å². The summed E-state index contributed by atoms with van der Waals surface area (Å²) in [4.78, 5) is 23.3. The third-order valence-corrected chi connectivity index (χ3v) is 3.93. The molecule has 0 aliphatic heterocycles. The van der Waals surface area contributed by atoms with Crippen LogP contribution >= 0.6 is 0 Å². The summed E-state index contributed by atoms with van der Waals surface area (Å²) in [5.41, 5.74) is 0. The number of hydrogen-bond donors (Lipinski definition) is 3. The number of hydrogen-bond acceptors (Lipinski definition) is 3. The van der Waals surface area contributed by atoms with Crippen LogP contribution < -0.4 is 10.6 Å². The van der Waals surface area contributed by atoms with E-state index >= 15 is 0 Å². The van der Waals surface area contributed by atoms with E-state index in [9.17, 15) is 9.59 Å². The first-order chi connectivity index (χ1) is 9.02. The highest BCUT2D eigenvalue weighted by Gasteiger charge is 2.19. The van der Waals surface area contributed by atoms with Gasteiger partial charge in [-0.3, -0.25) is 9.59 Å². The average molecular weight is 270 g/mol. The summed E-state index contributed by atoms with van der Waals surface area (Å²) in [5, 5.41) is 14.4. The number of rotatable bonds is 7. The average Bonchev–Trinajstić information content (AvgIpc) is 2.88. The maximum absolute atomic E-state index is 11.6. The van der Waals surface area contributed by atoms with Gasteiger partial charge < -0.3 is 15.7 Å². The van der Waals surface area contributed by atoms with Gasteiger partial charge in [0.2, 0.25) is 11.8 Å². The summed E-state index contributed by atoms with van der Waals surface area (Å²) in [6.07, 6.45) is 5.23. The quantitative estimate of drug-likeness (QED) is 0.641. The van der Waals surface area contributed by atoms with Crippen molar-refractivity contribution in [2.45, 2.75) is 52.0 Å². The minimum Gasteiger partial charge on any atom is -0.396 e. The van der Waals surface area contributed by atoms with E-state index in [0.717, 1.165) is 12.8 Å². The molecule has 2 atom stereocenters. The first-order valence-corrected chi connectivity index (χ1v) is 7.19. The number of nitrogens with one attached hydrogen (secondary N) is 2. The van der Waals surface area contributed by atoms with Crippen LogP contribution in [0.3, 0.4) is 0 Å². The zero-order chi connectivity index (χ0) is 14.3. The summed E-state index contributed by atoms with van der Waals surface area (Å²) in [7, 11) is 0. The van der Waals surface area contributed by atoms with E-state index in [1.807, 2.05) is 13.8 Å². The second-order valence-corrected chi connectivity index (χ2v) is 5.65. The van der Waals surface area contributed by atoms with Gasteiger partial charge in [0.25, 0.3) is 0 Å². The molecule has 0 bridgehead atoms. The molecule has 0 heterocycles. The molecule has 1 fully saturated rings. The van der Waals surface area contributed by atoms with Gasteiger partial charge in [0.1, 0.15) is 0 Å². The summed E-state index contributed by atoms with van der Waals surface area (Å²) in [6.45, 7) is 3.77. The van der Waals surface area contributed by atoms with E-state index in [2.05, 4.69) is 10.6 Å². The second kappa shape index (κ2) is 8.15. The minimum absolute atomic E-state index is 0.0122. The molecule has 0 radical (unpaired) electrons. The van der Waals surface area contributed by atoms with E-state index in [1.165, 1.54) is 12.8 Å². The maximum Gasteiger partial charge on any atom is 0.239 e. The lowest BCUT2D eigenvalue weighted by atomic mass is 10.0. The van der Waals surface area contributed by atoms with Gasteiger partial charge in [-0.25, -0.2) is 0 Å². The van der Waals surface area contributed by atoms with Crippen molar-refractivity contribution >= 4 is 11.8 Å². The molecule has 1 aliphatic rings. The largest absolute Gasteiger partial charge is 0.396 e. The lowest BCUT2D eigenvalue weighted by Crippen LogP contribution is -2.44. The monoisotopic (exact) mass is 270 g/mol.